The highest BCUT2D eigenvalue weighted by Gasteiger charge is 2.25. The molecule has 0 spiro atoms. The first-order valence-electron chi connectivity index (χ1n) is 3.58. The van der Waals surface area contributed by atoms with Gasteiger partial charge in [0.25, 0.3) is 10.9 Å². The number of aryl methyl sites for hydroxylation is 1. The van der Waals surface area contributed by atoms with E-state index in [-0.39, 0.29) is 5.56 Å². The quantitative estimate of drug-likeness (QED) is 0.434. The van der Waals surface area contributed by atoms with Crippen molar-refractivity contribution in [3.05, 3.63) is 39.2 Å². The zero-order valence-corrected chi connectivity index (χ0v) is 7.84. The third kappa shape index (κ3) is 1.72. The molecule has 0 aromatic heterocycles. The number of benzene rings is 1. The number of rotatable bonds is 2. The SMILES string of the molecule is Cc1ccc(F)c(C(=O)Cl)c1[N+](=O)[O-]. The molecular formula is C8H5ClFNO3. The normalized spacial score (nSPS) is 9.93. The summed E-state index contributed by atoms with van der Waals surface area (Å²) < 4.78 is 13.0. The van der Waals surface area contributed by atoms with E-state index in [1.807, 2.05) is 0 Å². The Labute approximate surface area is 83.4 Å². The lowest BCUT2D eigenvalue weighted by atomic mass is 10.1. The van der Waals surface area contributed by atoms with Crippen LogP contribution >= 0.6 is 11.6 Å². The topological polar surface area (TPSA) is 60.2 Å². The maximum Gasteiger partial charge on any atom is 0.287 e. The second-order valence-electron chi connectivity index (χ2n) is 2.62. The minimum atomic E-state index is -1.17. The highest BCUT2D eigenvalue weighted by molar-refractivity contribution is 6.68. The molecule has 0 heterocycles. The third-order valence-corrected chi connectivity index (χ3v) is 1.90. The van der Waals surface area contributed by atoms with Crippen molar-refractivity contribution < 1.29 is 14.1 Å². The van der Waals surface area contributed by atoms with Crippen molar-refractivity contribution in [1.82, 2.24) is 0 Å². The fourth-order valence-electron chi connectivity index (χ4n) is 1.09. The average molecular weight is 218 g/mol. The predicted molar refractivity (Wildman–Crippen MR) is 48.0 cm³/mol. The number of hydrogen-bond acceptors (Lipinski definition) is 3. The maximum atomic E-state index is 13.0. The number of carbonyl (C=O) groups is 1. The molecule has 1 aromatic rings. The van der Waals surface area contributed by atoms with Gasteiger partial charge in [-0.1, -0.05) is 0 Å². The van der Waals surface area contributed by atoms with E-state index in [4.69, 9.17) is 11.6 Å². The molecule has 1 aromatic carbocycles. The van der Waals surface area contributed by atoms with E-state index in [1.165, 1.54) is 13.0 Å². The molecule has 74 valence electrons. The van der Waals surface area contributed by atoms with Crippen LogP contribution in [0.4, 0.5) is 10.1 Å². The molecular weight excluding hydrogens is 213 g/mol. The van der Waals surface area contributed by atoms with Crippen LogP contribution in [0.1, 0.15) is 15.9 Å². The minimum absolute atomic E-state index is 0.195. The van der Waals surface area contributed by atoms with Gasteiger partial charge in [0.2, 0.25) is 0 Å². The highest BCUT2D eigenvalue weighted by Crippen LogP contribution is 2.27. The fourth-order valence-corrected chi connectivity index (χ4v) is 1.27. The van der Waals surface area contributed by atoms with Gasteiger partial charge >= 0.3 is 0 Å². The van der Waals surface area contributed by atoms with Crippen molar-refractivity contribution in [1.29, 1.82) is 0 Å². The molecule has 0 radical (unpaired) electrons. The third-order valence-electron chi connectivity index (χ3n) is 1.71. The summed E-state index contributed by atoms with van der Waals surface area (Å²) in [6.07, 6.45) is 0. The molecule has 0 saturated carbocycles. The predicted octanol–water partition coefficient (Wildman–Crippen LogP) is 2.42. The summed E-state index contributed by atoms with van der Waals surface area (Å²) in [6, 6.07) is 2.19. The van der Waals surface area contributed by atoms with Crippen molar-refractivity contribution in [2.75, 3.05) is 0 Å². The second-order valence-corrected chi connectivity index (χ2v) is 2.96. The molecule has 0 aliphatic heterocycles. The van der Waals surface area contributed by atoms with E-state index in [9.17, 15) is 19.3 Å². The Morgan fingerprint density at radius 3 is 2.50 bits per heavy atom. The van der Waals surface area contributed by atoms with Crippen LogP contribution in [0.2, 0.25) is 0 Å². The second kappa shape index (κ2) is 3.71. The van der Waals surface area contributed by atoms with Gasteiger partial charge in [-0.15, -0.1) is 0 Å². The molecule has 0 saturated heterocycles. The van der Waals surface area contributed by atoms with E-state index >= 15 is 0 Å². The number of nitrogens with zero attached hydrogens (tertiary/aromatic N) is 1. The molecule has 0 fully saturated rings. The van der Waals surface area contributed by atoms with Gasteiger partial charge in [0.05, 0.1) is 4.92 Å². The van der Waals surface area contributed by atoms with Crippen LogP contribution in [-0.2, 0) is 0 Å². The molecule has 0 aliphatic rings. The summed E-state index contributed by atoms with van der Waals surface area (Å²) in [7, 11) is 0. The van der Waals surface area contributed by atoms with E-state index < -0.39 is 27.2 Å². The first-order chi connectivity index (χ1) is 6.45. The molecule has 0 N–H and O–H groups in total. The van der Waals surface area contributed by atoms with Gasteiger partial charge in [-0.2, -0.15) is 0 Å². The minimum Gasteiger partial charge on any atom is -0.275 e. The largest absolute Gasteiger partial charge is 0.287 e. The average Bonchev–Trinajstić information content (AvgIpc) is 2.07. The summed E-state index contributed by atoms with van der Waals surface area (Å²) in [5.41, 5.74) is -1.07. The lowest BCUT2D eigenvalue weighted by Gasteiger charge is -2.01. The maximum absolute atomic E-state index is 13.0. The number of halogens is 2. The summed E-state index contributed by atoms with van der Waals surface area (Å²) in [5, 5.41) is 9.36. The summed E-state index contributed by atoms with van der Waals surface area (Å²) >= 11 is 5.05. The van der Waals surface area contributed by atoms with Gasteiger partial charge in [-0.3, -0.25) is 14.9 Å². The van der Waals surface area contributed by atoms with Gasteiger partial charge in [-0.05, 0) is 30.7 Å². The standard InChI is InChI=1S/C8H5ClFNO3/c1-4-2-3-5(10)6(8(9)12)7(4)11(13)14/h2-3H,1H3. The molecule has 1 rings (SSSR count). The molecule has 0 bridgehead atoms. The first-order valence-corrected chi connectivity index (χ1v) is 3.96. The molecule has 0 atom stereocenters. The Morgan fingerprint density at radius 1 is 1.57 bits per heavy atom. The number of hydrogen-bond donors (Lipinski definition) is 0. The highest BCUT2D eigenvalue weighted by atomic mass is 35.5. The van der Waals surface area contributed by atoms with E-state index in [1.54, 1.807) is 0 Å². The van der Waals surface area contributed by atoms with Crippen LogP contribution in [0.15, 0.2) is 12.1 Å². The zero-order valence-electron chi connectivity index (χ0n) is 7.08. The lowest BCUT2D eigenvalue weighted by Crippen LogP contribution is -2.03. The monoisotopic (exact) mass is 217 g/mol. The van der Waals surface area contributed by atoms with Crippen LogP contribution in [-0.4, -0.2) is 10.2 Å². The van der Waals surface area contributed by atoms with Crippen LogP contribution in [0.25, 0.3) is 0 Å². The van der Waals surface area contributed by atoms with Crippen molar-refractivity contribution in [3.8, 4) is 0 Å². The van der Waals surface area contributed by atoms with Gasteiger partial charge in [-0.25, -0.2) is 4.39 Å². The molecule has 4 nitrogen and oxygen atoms in total. The Morgan fingerprint density at radius 2 is 2.14 bits per heavy atom. The Balaban J connectivity index is 3.58. The Hall–Kier alpha value is -1.49. The number of carbonyl (C=O) groups excluding carboxylic acids is 1. The van der Waals surface area contributed by atoms with Crippen LogP contribution in [0.3, 0.4) is 0 Å². The lowest BCUT2D eigenvalue weighted by molar-refractivity contribution is -0.385. The molecule has 14 heavy (non-hydrogen) atoms. The van der Waals surface area contributed by atoms with Crippen molar-refractivity contribution >= 4 is 22.5 Å². The van der Waals surface area contributed by atoms with Gasteiger partial charge in [0.15, 0.2) is 0 Å². The van der Waals surface area contributed by atoms with E-state index in [0.29, 0.717) is 0 Å². The van der Waals surface area contributed by atoms with Crippen molar-refractivity contribution in [2.45, 2.75) is 6.92 Å². The van der Waals surface area contributed by atoms with Crippen molar-refractivity contribution in [2.24, 2.45) is 0 Å². The fraction of sp³-hybridized carbons (Fsp3) is 0.125. The van der Waals surface area contributed by atoms with Gasteiger partial charge in [0, 0.05) is 5.56 Å². The van der Waals surface area contributed by atoms with Crippen LogP contribution in [0.5, 0.6) is 0 Å². The molecule has 0 amide bonds. The molecule has 0 aliphatic carbocycles. The number of nitro groups is 1. The van der Waals surface area contributed by atoms with Crippen LogP contribution < -0.4 is 0 Å². The van der Waals surface area contributed by atoms with Gasteiger partial charge < -0.3 is 0 Å². The van der Waals surface area contributed by atoms with Crippen molar-refractivity contribution in [3.63, 3.8) is 0 Å². The first kappa shape index (κ1) is 10.6. The summed E-state index contributed by atoms with van der Waals surface area (Å²) in [6.45, 7) is 1.40. The number of nitro benzene ring substituents is 1. The molecule has 0 unspecified atom stereocenters. The van der Waals surface area contributed by atoms with E-state index in [2.05, 4.69) is 0 Å². The van der Waals surface area contributed by atoms with Crippen LogP contribution in [0, 0.1) is 22.9 Å². The smallest absolute Gasteiger partial charge is 0.275 e. The Kier molecular flexibility index (Phi) is 2.81. The summed E-state index contributed by atoms with van der Waals surface area (Å²) in [4.78, 5) is 20.5. The Bertz CT molecular complexity index is 380. The van der Waals surface area contributed by atoms with Gasteiger partial charge in [0.1, 0.15) is 11.4 Å². The van der Waals surface area contributed by atoms with E-state index in [0.717, 1.165) is 6.07 Å². The summed E-state index contributed by atoms with van der Waals surface area (Å²) in [5.74, 6) is -0.984. The molecule has 6 heteroatoms. The zero-order chi connectivity index (χ0) is 10.9.